The molecule has 7 heteroatoms. The van der Waals surface area contributed by atoms with Gasteiger partial charge < -0.3 is 14.6 Å². The molecule has 2 aromatic carbocycles. The van der Waals surface area contributed by atoms with Gasteiger partial charge in [0.2, 0.25) is 6.10 Å². The van der Waals surface area contributed by atoms with E-state index in [0.29, 0.717) is 11.3 Å². The van der Waals surface area contributed by atoms with E-state index in [1.807, 2.05) is 0 Å². The smallest absolute Gasteiger partial charge is 0.327 e. The van der Waals surface area contributed by atoms with Crippen molar-refractivity contribution in [3.8, 4) is 0 Å². The van der Waals surface area contributed by atoms with Crippen LogP contribution in [0.3, 0.4) is 0 Å². The number of rotatable bonds is 6. The number of amides is 1. The van der Waals surface area contributed by atoms with Crippen LogP contribution in [-0.4, -0.2) is 16.4 Å². The fourth-order valence-electron chi connectivity index (χ4n) is 2.54. The molecule has 1 heterocycles. The first-order chi connectivity index (χ1) is 13.5. The normalized spacial score (nSPS) is 11.5. The number of nitrogens with one attached hydrogen (secondary N) is 1. The largest absolute Gasteiger partial charge is 0.446 e. The molecule has 0 bridgehead atoms. The number of halogens is 1. The molecular weight excluding hydrogens is 363 g/mol. The summed E-state index contributed by atoms with van der Waals surface area (Å²) in [5, 5.41) is 2.60. The van der Waals surface area contributed by atoms with Gasteiger partial charge in [-0.2, -0.15) is 0 Å². The van der Waals surface area contributed by atoms with Crippen molar-refractivity contribution in [1.82, 2.24) is 4.57 Å². The summed E-state index contributed by atoms with van der Waals surface area (Å²) < 4.78 is 19.6. The Morgan fingerprint density at radius 1 is 0.964 bits per heavy atom. The zero-order valence-electron chi connectivity index (χ0n) is 14.7. The van der Waals surface area contributed by atoms with Gasteiger partial charge in [0.15, 0.2) is 0 Å². The van der Waals surface area contributed by atoms with Crippen LogP contribution < -0.4 is 10.9 Å². The highest BCUT2D eigenvalue weighted by molar-refractivity contribution is 5.96. The Bertz CT molecular complexity index is 1020. The van der Waals surface area contributed by atoms with Gasteiger partial charge in [0, 0.05) is 23.5 Å². The SMILES string of the molecule is O=C(Cn1ccccc1=O)O[C@H](C(=O)Nc1ccc(F)cc1)c1ccccc1. The minimum Gasteiger partial charge on any atom is -0.446 e. The summed E-state index contributed by atoms with van der Waals surface area (Å²) >= 11 is 0. The van der Waals surface area contributed by atoms with Gasteiger partial charge >= 0.3 is 5.97 Å². The lowest BCUT2D eigenvalue weighted by Gasteiger charge is -2.18. The molecule has 1 amide bonds. The fraction of sp³-hybridized carbons (Fsp3) is 0.0952. The van der Waals surface area contributed by atoms with Crippen molar-refractivity contribution in [2.24, 2.45) is 0 Å². The first-order valence-corrected chi connectivity index (χ1v) is 8.49. The molecule has 142 valence electrons. The molecule has 1 aromatic heterocycles. The fourth-order valence-corrected chi connectivity index (χ4v) is 2.54. The van der Waals surface area contributed by atoms with E-state index >= 15 is 0 Å². The molecule has 28 heavy (non-hydrogen) atoms. The van der Waals surface area contributed by atoms with Gasteiger partial charge in [-0.15, -0.1) is 0 Å². The molecule has 0 saturated carbocycles. The first kappa shape index (κ1) is 19.0. The molecule has 6 nitrogen and oxygen atoms in total. The van der Waals surface area contributed by atoms with E-state index in [1.165, 1.54) is 41.1 Å². The lowest BCUT2D eigenvalue weighted by atomic mass is 10.1. The third-order valence-corrected chi connectivity index (χ3v) is 3.90. The molecule has 0 saturated heterocycles. The van der Waals surface area contributed by atoms with Gasteiger partial charge in [0.1, 0.15) is 12.4 Å². The van der Waals surface area contributed by atoms with Gasteiger partial charge in [-0.25, -0.2) is 4.39 Å². The van der Waals surface area contributed by atoms with E-state index in [4.69, 9.17) is 4.74 Å². The standard InChI is InChI=1S/C21H17FN2O4/c22-16-9-11-17(12-10-16)23-21(27)20(15-6-2-1-3-7-15)28-19(26)14-24-13-5-4-8-18(24)25/h1-13,20H,14H2,(H,23,27)/t20-/m0/s1. The number of benzene rings is 2. The summed E-state index contributed by atoms with van der Waals surface area (Å²) in [7, 11) is 0. The van der Waals surface area contributed by atoms with E-state index in [2.05, 4.69) is 5.32 Å². The zero-order chi connectivity index (χ0) is 19.9. The van der Waals surface area contributed by atoms with E-state index in [0.717, 1.165) is 0 Å². The Kier molecular flexibility index (Phi) is 5.96. The number of ether oxygens (including phenoxy) is 1. The maximum absolute atomic E-state index is 13.0. The molecular formula is C21H17FN2O4. The van der Waals surface area contributed by atoms with E-state index in [1.54, 1.807) is 42.5 Å². The molecule has 0 unspecified atom stereocenters. The second-order valence-electron chi connectivity index (χ2n) is 5.94. The molecule has 0 spiro atoms. The van der Waals surface area contributed by atoms with Crippen LogP contribution in [0.1, 0.15) is 11.7 Å². The highest BCUT2D eigenvalue weighted by Gasteiger charge is 2.25. The van der Waals surface area contributed by atoms with Crippen LogP contribution in [0.25, 0.3) is 0 Å². The Hall–Kier alpha value is -3.74. The van der Waals surface area contributed by atoms with Crippen molar-refractivity contribution in [2.45, 2.75) is 12.6 Å². The molecule has 1 atom stereocenters. The number of hydrogen-bond acceptors (Lipinski definition) is 4. The van der Waals surface area contributed by atoms with Gasteiger partial charge in [-0.05, 0) is 30.3 Å². The molecule has 0 fully saturated rings. The average Bonchev–Trinajstić information content (AvgIpc) is 2.70. The molecule has 3 aromatic rings. The number of carbonyl (C=O) groups excluding carboxylic acids is 2. The van der Waals surface area contributed by atoms with Crippen LogP contribution in [0, 0.1) is 5.82 Å². The van der Waals surface area contributed by atoms with Gasteiger partial charge in [0.05, 0.1) is 0 Å². The van der Waals surface area contributed by atoms with E-state index in [-0.39, 0.29) is 12.1 Å². The predicted molar refractivity (Wildman–Crippen MR) is 101 cm³/mol. The lowest BCUT2D eigenvalue weighted by Crippen LogP contribution is -2.29. The Labute approximate surface area is 160 Å². The predicted octanol–water partition coefficient (Wildman–Crippen LogP) is 2.91. The minimum absolute atomic E-state index is 0.327. The van der Waals surface area contributed by atoms with Crippen molar-refractivity contribution < 1.29 is 18.7 Å². The highest BCUT2D eigenvalue weighted by atomic mass is 19.1. The number of pyridine rings is 1. The molecule has 0 aliphatic rings. The topological polar surface area (TPSA) is 77.4 Å². The van der Waals surface area contributed by atoms with Gasteiger partial charge in [-0.3, -0.25) is 14.4 Å². The van der Waals surface area contributed by atoms with Crippen molar-refractivity contribution in [2.75, 3.05) is 5.32 Å². The molecule has 0 aliphatic heterocycles. The monoisotopic (exact) mass is 380 g/mol. The van der Waals surface area contributed by atoms with Gasteiger partial charge in [-0.1, -0.05) is 36.4 Å². The maximum atomic E-state index is 13.0. The summed E-state index contributed by atoms with van der Waals surface area (Å²) in [6.07, 6.45) is 0.234. The van der Waals surface area contributed by atoms with Crippen LogP contribution in [0.5, 0.6) is 0 Å². The van der Waals surface area contributed by atoms with Crippen LogP contribution in [0.2, 0.25) is 0 Å². The second-order valence-corrected chi connectivity index (χ2v) is 5.94. The molecule has 3 rings (SSSR count). The molecule has 0 radical (unpaired) electrons. The van der Waals surface area contributed by atoms with E-state index < -0.39 is 23.8 Å². The van der Waals surface area contributed by atoms with Crippen molar-refractivity contribution in [1.29, 1.82) is 0 Å². The van der Waals surface area contributed by atoms with Crippen molar-refractivity contribution >= 4 is 17.6 Å². The van der Waals surface area contributed by atoms with Crippen LogP contribution in [0.4, 0.5) is 10.1 Å². The Morgan fingerprint density at radius 2 is 1.64 bits per heavy atom. The van der Waals surface area contributed by atoms with Crippen molar-refractivity contribution in [3.05, 3.63) is 101 Å². The Balaban J connectivity index is 1.78. The summed E-state index contributed by atoms with van der Waals surface area (Å²) in [5.41, 5.74) is 0.477. The zero-order valence-corrected chi connectivity index (χ0v) is 14.7. The summed E-state index contributed by atoms with van der Waals surface area (Å²) in [5.74, 6) is -1.76. The quantitative estimate of drug-likeness (QED) is 0.667. The van der Waals surface area contributed by atoms with Crippen LogP contribution >= 0.6 is 0 Å². The molecule has 1 N–H and O–H groups in total. The van der Waals surface area contributed by atoms with Crippen LogP contribution in [0.15, 0.2) is 83.8 Å². The number of hydrogen-bond donors (Lipinski definition) is 1. The minimum atomic E-state index is -1.22. The van der Waals surface area contributed by atoms with Gasteiger partial charge in [0.25, 0.3) is 11.5 Å². The average molecular weight is 380 g/mol. The summed E-state index contributed by atoms with van der Waals surface area (Å²) in [6, 6.07) is 18.2. The Morgan fingerprint density at radius 3 is 2.32 bits per heavy atom. The summed E-state index contributed by atoms with van der Waals surface area (Å²) in [4.78, 5) is 36.8. The first-order valence-electron chi connectivity index (χ1n) is 8.49. The number of esters is 1. The third kappa shape index (κ3) is 4.91. The number of nitrogens with zero attached hydrogens (tertiary/aromatic N) is 1. The lowest BCUT2D eigenvalue weighted by molar-refractivity contribution is -0.155. The van der Waals surface area contributed by atoms with Crippen LogP contribution in [-0.2, 0) is 20.9 Å². The van der Waals surface area contributed by atoms with E-state index in [9.17, 15) is 18.8 Å². The number of aromatic nitrogens is 1. The highest BCUT2D eigenvalue weighted by Crippen LogP contribution is 2.20. The second kappa shape index (κ2) is 8.77. The van der Waals surface area contributed by atoms with Crippen molar-refractivity contribution in [3.63, 3.8) is 0 Å². The third-order valence-electron chi connectivity index (χ3n) is 3.90. The number of carbonyl (C=O) groups is 2. The number of anilines is 1. The molecule has 0 aliphatic carbocycles. The summed E-state index contributed by atoms with van der Waals surface area (Å²) in [6.45, 7) is -0.327. The maximum Gasteiger partial charge on any atom is 0.327 e.